The van der Waals surface area contributed by atoms with Gasteiger partial charge in [-0.2, -0.15) is 0 Å². The molecule has 0 amide bonds. The molecular formula is C14H18O3. The molecule has 1 unspecified atom stereocenters. The third-order valence-electron chi connectivity index (χ3n) is 2.93. The Balaban J connectivity index is 2.27. The number of benzene rings is 1. The SMILES string of the molecule is CC(=O)C(C)Oc1cccc2c1OC(C)(C)C2. The second kappa shape index (κ2) is 4.06. The van der Waals surface area contributed by atoms with Crippen LogP contribution in [0.1, 0.15) is 33.3 Å². The van der Waals surface area contributed by atoms with Crippen LogP contribution in [0.3, 0.4) is 0 Å². The fourth-order valence-corrected chi connectivity index (χ4v) is 1.95. The summed E-state index contributed by atoms with van der Waals surface area (Å²) in [7, 11) is 0. The van der Waals surface area contributed by atoms with Crippen molar-refractivity contribution in [2.75, 3.05) is 0 Å². The van der Waals surface area contributed by atoms with Crippen LogP contribution in [0.2, 0.25) is 0 Å². The maximum atomic E-state index is 11.2. The van der Waals surface area contributed by atoms with Crippen molar-refractivity contribution in [2.24, 2.45) is 0 Å². The van der Waals surface area contributed by atoms with Crippen LogP contribution in [0.4, 0.5) is 0 Å². The van der Waals surface area contributed by atoms with Crippen molar-refractivity contribution in [2.45, 2.75) is 45.8 Å². The molecule has 2 rings (SSSR count). The third-order valence-corrected chi connectivity index (χ3v) is 2.93. The average molecular weight is 234 g/mol. The first-order chi connectivity index (χ1) is 7.89. The first-order valence-corrected chi connectivity index (χ1v) is 5.87. The Morgan fingerprint density at radius 3 is 2.82 bits per heavy atom. The van der Waals surface area contributed by atoms with E-state index in [4.69, 9.17) is 9.47 Å². The van der Waals surface area contributed by atoms with Gasteiger partial charge < -0.3 is 9.47 Å². The van der Waals surface area contributed by atoms with Crippen molar-refractivity contribution in [3.8, 4) is 11.5 Å². The number of Topliss-reactive ketones (excluding diaryl/α,β-unsaturated/α-hetero) is 1. The summed E-state index contributed by atoms with van der Waals surface area (Å²) in [5.41, 5.74) is 0.949. The van der Waals surface area contributed by atoms with E-state index in [1.54, 1.807) is 6.92 Å². The van der Waals surface area contributed by atoms with Crippen LogP contribution in [0.25, 0.3) is 0 Å². The second-order valence-corrected chi connectivity index (χ2v) is 5.15. The van der Waals surface area contributed by atoms with Gasteiger partial charge in [0, 0.05) is 12.0 Å². The van der Waals surface area contributed by atoms with Gasteiger partial charge in [-0.3, -0.25) is 4.79 Å². The highest BCUT2D eigenvalue weighted by atomic mass is 16.5. The van der Waals surface area contributed by atoms with Crippen LogP contribution in [0.5, 0.6) is 11.5 Å². The van der Waals surface area contributed by atoms with Gasteiger partial charge in [0.05, 0.1) is 0 Å². The Morgan fingerprint density at radius 1 is 1.47 bits per heavy atom. The number of carbonyl (C=O) groups excluding carboxylic acids is 1. The molecule has 3 heteroatoms. The zero-order valence-electron chi connectivity index (χ0n) is 10.7. The number of carbonyl (C=O) groups is 1. The molecule has 17 heavy (non-hydrogen) atoms. The lowest BCUT2D eigenvalue weighted by atomic mass is 10.0. The summed E-state index contributed by atoms with van der Waals surface area (Å²) in [6, 6.07) is 5.82. The van der Waals surface area contributed by atoms with Crippen molar-refractivity contribution in [1.82, 2.24) is 0 Å². The number of ether oxygens (including phenoxy) is 2. The van der Waals surface area contributed by atoms with Crippen LogP contribution in [-0.4, -0.2) is 17.5 Å². The van der Waals surface area contributed by atoms with Gasteiger partial charge in [0.2, 0.25) is 0 Å². The average Bonchev–Trinajstić information content (AvgIpc) is 2.53. The lowest BCUT2D eigenvalue weighted by molar-refractivity contribution is -0.122. The van der Waals surface area contributed by atoms with Gasteiger partial charge in [0.25, 0.3) is 0 Å². The van der Waals surface area contributed by atoms with Crippen LogP contribution >= 0.6 is 0 Å². The summed E-state index contributed by atoms with van der Waals surface area (Å²) < 4.78 is 11.5. The molecule has 0 fully saturated rings. The zero-order chi connectivity index (χ0) is 12.6. The number of hydrogen-bond acceptors (Lipinski definition) is 3. The van der Waals surface area contributed by atoms with E-state index in [0.29, 0.717) is 5.75 Å². The lowest BCUT2D eigenvalue weighted by Crippen LogP contribution is -2.25. The molecule has 1 aromatic carbocycles. The molecule has 92 valence electrons. The minimum Gasteiger partial charge on any atom is -0.483 e. The van der Waals surface area contributed by atoms with Crippen molar-refractivity contribution in [1.29, 1.82) is 0 Å². The maximum Gasteiger partial charge on any atom is 0.169 e. The van der Waals surface area contributed by atoms with Crippen molar-refractivity contribution in [3.05, 3.63) is 23.8 Å². The summed E-state index contributed by atoms with van der Waals surface area (Å²) in [4.78, 5) is 11.2. The van der Waals surface area contributed by atoms with Crippen molar-refractivity contribution >= 4 is 5.78 Å². The monoisotopic (exact) mass is 234 g/mol. The van der Waals surface area contributed by atoms with E-state index in [0.717, 1.165) is 17.7 Å². The summed E-state index contributed by atoms with van der Waals surface area (Å²) in [6.45, 7) is 7.37. The summed E-state index contributed by atoms with van der Waals surface area (Å²) in [6.07, 6.45) is 0.433. The highest BCUT2D eigenvalue weighted by Gasteiger charge is 2.32. The Bertz CT molecular complexity index is 449. The van der Waals surface area contributed by atoms with E-state index < -0.39 is 6.10 Å². The van der Waals surface area contributed by atoms with Gasteiger partial charge in [-0.25, -0.2) is 0 Å². The third kappa shape index (κ3) is 2.43. The van der Waals surface area contributed by atoms with E-state index in [1.807, 2.05) is 32.0 Å². The molecule has 1 aliphatic heterocycles. The smallest absolute Gasteiger partial charge is 0.169 e. The quantitative estimate of drug-likeness (QED) is 0.806. The first-order valence-electron chi connectivity index (χ1n) is 5.87. The topological polar surface area (TPSA) is 35.5 Å². The van der Waals surface area contributed by atoms with Crippen LogP contribution in [0.15, 0.2) is 18.2 Å². The molecule has 0 aliphatic carbocycles. The number of fused-ring (bicyclic) bond motifs is 1. The number of para-hydroxylation sites is 1. The molecule has 0 spiro atoms. The fourth-order valence-electron chi connectivity index (χ4n) is 1.95. The summed E-state index contributed by atoms with van der Waals surface area (Å²) in [5.74, 6) is 1.46. The van der Waals surface area contributed by atoms with Crippen molar-refractivity contribution < 1.29 is 14.3 Å². The number of hydrogen-bond donors (Lipinski definition) is 0. The number of rotatable bonds is 3. The highest BCUT2D eigenvalue weighted by molar-refractivity contribution is 5.80. The Kier molecular flexibility index (Phi) is 2.86. The predicted molar refractivity (Wildman–Crippen MR) is 65.6 cm³/mol. The van der Waals surface area contributed by atoms with E-state index in [9.17, 15) is 4.79 Å². The minimum atomic E-state index is -0.436. The van der Waals surface area contributed by atoms with Gasteiger partial charge in [0.1, 0.15) is 5.60 Å². The maximum absolute atomic E-state index is 11.2. The van der Waals surface area contributed by atoms with Crippen LogP contribution in [-0.2, 0) is 11.2 Å². The van der Waals surface area contributed by atoms with Crippen LogP contribution < -0.4 is 9.47 Å². The van der Waals surface area contributed by atoms with Gasteiger partial charge >= 0.3 is 0 Å². The molecule has 1 heterocycles. The van der Waals surface area contributed by atoms with E-state index >= 15 is 0 Å². The van der Waals surface area contributed by atoms with Crippen molar-refractivity contribution in [3.63, 3.8) is 0 Å². The summed E-state index contributed by atoms with van der Waals surface area (Å²) in [5, 5.41) is 0. The van der Waals surface area contributed by atoms with Gasteiger partial charge in [-0.1, -0.05) is 12.1 Å². The van der Waals surface area contributed by atoms with E-state index in [2.05, 4.69) is 0 Å². The van der Waals surface area contributed by atoms with Gasteiger partial charge in [-0.05, 0) is 33.8 Å². The predicted octanol–water partition coefficient (Wildman–Crippen LogP) is 2.76. The van der Waals surface area contributed by atoms with E-state index in [-0.39, 0.29) is 11.4 Å². The highest BCUT2D eigenvalue weighted by Crippen LogP contribution is 2.42. The molecular weight excluding hydrogens is 216 g/mol. The Morgan fingerprint density at radius 2 is 2.18 bits per heavy atom. The zero-order valence-corrected chi connectivity index (χ0v) is 10.7. The number of ketones is 1. The largest absolute Gasteiger partial charge is 0.483 e. The minimum absolute atomic E-state index is 0.0138. The Hall–Kier alpha value is -1.51. The molecule has 1 aromatic rings. The first kappa shape index (κ1) is 12.0. The molecule has 0 radical (unpaired) electrons. The normalized spacial score (nSPS) is 18.1. The summed E-state index contributed by atoms with van der Waals surface area (Å²) >= 11 is 0. The molecule has 0 aromatic heterocycles. The molecule has 3 nitrogen and oxygen atoms in total. The molecule has 1 aliphatic rings. The standard InChI is InChI=1S/C14H18O3/c1-9(15)10(2)16-12-7-5-6-11-8-14(3,4)17-13(11)12/h5-7,10H,8H2,1-4H3. The molecule has 0 N–H and O–H groups in total. The molecule has 0 bridgehead atoms. The van der Waals surface area contributed by atoms with Crippen LogP contribution in [0, 0.1) is 0 Å². The Labute approximate surface area is 102 Å². The molecule has 0 saturated heterocycles. The van der Waals surface area contributed by atoms with Gasteiger partial charge in [-0.15, -0.1) is 0 Å². The van der Waals surface area contributed by atoms with Gasteiger partial charge in [0.15, 0.2) is 23.4 Å². The molecule has 0 saturated carbocycles. The fraction of sp³-hybridized carbons (Fsp3) is 0.500. The molecule has 1 atom stereocenters. The lowest BCUT2D eigenvalue weighted by Gasteiger charge is -2.19. The second-order valence-electron chi connectivity index (χ2n) is 5.15. The van der Waals surface area contributed by atoms with E-state index in [1.165, 1.54) is 6.92 Å².